The average molecular weight is 276 g/mol. The number of nitrogens with zero attached hydrogens (tertiary/aromatic N) is 2. The van der Waals surface area contributed by atoms with Gasteiger partial charge in [-0.3, -0.25) is 4.90 Å². The summed E-state index contributed by atoms with van der Waals surface area (Å²) in [4.78, 5) is 13.8. The van der Waals surface area contributed by atoms with E-state index >= 15 is 0 Å². The van der Waals surface area contributed by atoms with Gasteiger partial charge >= 0.3 is 6.03 Å². The topological polar surface area (TPSA) is 68.2 Å². The molecule has 0 atom stereocenters. The van der Waals surface area contributed by atoms with Crippen molar-refractivity contribution in [3.8, 4) is 6.07 Å². The van der Waals surface area contributed by atoms with Crippen LogP contribution >= 0.6 is 0 Å². The molecule has 1 aromatic rings. The summed E-state index contributed by atoms with van der Waals surface area (Å²) in [6, 6.07) is 7.85. The number of rotatable bonds is 3. The van der Waals surface area contributed by atoms with E-state index in [4.69, 9.17) is 5.26 Å². The first-order valence-electron chi connectivity index (χ1n) is 6.60. The first-order valence-corrected chi connectivity index (χ1v) is 6.60. The Morgan fingerprint density at radius 3 is 2.75 bits per heavy atom. The predicted molar refractivity (Wildman–Crippen MR) is 73.6 cm³/mol. The van der Waals surface area contributed by atoms with Gasteiger partial charge in [-0.1, -0.05) is 12.1 Å². The Morgan fingerprint density at radius 2 is 2.10 bits per heavy atom. The summed E-state index contributed by atoms with van der Waals surface area (Å²) in [6.45, 7) is 2.00. The third kappa shape index (κ3) is 3.93. The molecule has 2 N–H and O–H groups in total. The van der Waals surface area contributed by atoms with Crippen molar-refractivity contribution < 1.29 is 9.18 Å². The maximum Gasteiger partial charge on any atom is 0.319 e. The molecule has 0 unspecified atom stereocenters. The fourth-order valence-electron chi connectivity index (χ4n) is 2.24. The molecule has 0 bridgehead atoms. The fourth-order valence-corrected chi connectivity index (χ4v) is 2.24. The molecular weight excluding hydrogens is 259 g/mol. The Labute approximate surface area is 117 Å². The second-order valence-electron chi connectivity index (χ2n) is 4.79. The Bertz CT molecular complexity index is 506. The van der Waals surface area contributed by atoms with Crippen molar-refractivity contribution in [1.29, 1.82) is 5.26 Å². The molecule has 0 radical (unpaired) electrons. The Kier molecular flexibility index (Phi) is 4.91. The molecule has 0 aliphatic carbocycles. The van der Waals surface area contributed by atoms with Crippen molar-refractivity contribution in [2.45, 2.75) is 18.9 Å². The SMILES string of the molecule is N#CCN1CCC(NC(=O)Nc2ccccc2F)CC1. The number of urea groups is 1. The maximum absolute atomic E-state index is 13.4. The zero-order valence-electron chi connectivity index (χ0n) is 11.1. The molecule has 0 saturated carbocycles. The minimum Gasteiger partial charge on any atom is -0.335 e. The van der Waals surface area contributed by atoms with Crippen LogP contribution in [0.1, 0.15) is 12.8 Å². The van der Waals surface area contributed by atoms with Crippen molar-refractivity contribution in [3.05, 3.63) is 30.1 Å². The van der Waals surface area contributed by atoms with E-state index in [2.05, 4.69) is 16.7 Å². The van der Waals surface area contributed by atoms with E-state index in [1.54, 1.807) is 12.1 Å². The summed E-state index contributed by atoms with van der Waals surface area (Å²) in [5.41, 5.74) is 0.173. The van der Waals surface area contributed by atoms with E-state index in [0.29, 0.717) is 6.54 Å². The van der Waals surface area contributed by atoms with Crippen LogP contribution in [0.15, 0.2) is 24.3 Å². The van der Waals surface area contributed by atoms with E-state index < -0.39 is 11.8 Å². The average Bonchev–Trinajstić information content (AvgIpc) is 2.44. The molecule has 1 fully saturated rings. The summed E-state index contributed by atoms with van der Waals surface area (Å²) in [6.07, 6.45) is 1.60. The molecule has 0 spiro atoms. The number of halogens is 1. The predicted octanol–water partition coefficient (Wildman–Crippen LogP) is 1.94. The molecule has 5 nitrogen and oxygen atoms in total. The molecule has 106 valence electrons. The lowest BCUT2D eigenvalue weighted by Crippen LogP contribution is -2.46. The third-order valence-corrected chi connectivity index (χ3v) is 3.34. The number of benzene rings is 1. The monoisotopic (exact) mass is 276 g/mol. The van der Waals surface area contributed by atoms with Gasteiger partial charge in [-0.2, -0.15) is 5.26 Å². The summed E-state index contributed by atoms with van der Waals surface area (Å²) in [5, 5.41) is 13.9. The van der Waals surface area contributed by atoms with E-state index in [1.807, 2.05) is 4.90 Å². The first kappa shape index (κ1) is 14.3. The van der Waals surface area contributed by atoms with Gasteiger partial charge in [-0.05, 0) is 25.0 Å². The van der Waals surface area contributed by atoms with Crippen LogP contribution in [-0.4, -0.2) is 36.6 Å². The number of hydrogen-bond donors (Lipinski definition) is 2. The van der Waals surface area contributed by atoms with E-state index in [1.165, 1.54) is 12.1 Å². The van der Waals surface area contributed by atoms with Crippen LogP contribution < -0.4 is 10.6 Å². The molecule has 1 aliphatic heterocycles. The summed E-state index contributed by atoms with van der Waals surface area (Å²) < 4.78 is 13.4. The number of nitrogens with one attached hydrogen (secondary N) is 2. The van der Waals surface area contributed by atoms with Gasteiger partial charge < -0.3 is 10.6 Å². The zero-order valence-corrected chi connectivity index (χ0v) is 11.1. The van der Waals surface area contributed by atoms with Crippen molar-refractivity contribution >= 4 is 11.7 Å². The van der Waals surface area contributed by atoms with Crippen molar-refractivity contribution in [3.63, 3.8) is 0 Å². The Balaban J connectivity index is 1.79. The van der Waals surface area contributed by atoms with Crippen LogP contribution in [0.3, 0.4) is 0 Å². The van der Waals surface area contributed by atoms with Gasteiger partial charge in [-0.15, -0.1) is 0 Å². The third-order valence-electron chi connectivity index (χ3n) is 3.34. The van der Waals surface area contributed by atoms with Crippen LogP contribution in [-0.2, 0) is 0 Å². The highest BCUT2D eigenvalue weighted by Crippen LogP contribution is 2.13. The number of anilines is 1. The highest BCUT2D eigenvalue weighted by molar-refractivity contribution is 5.89. The number of para-hydroxylation sites is 1. The lowest BCUT2D eigenvalue weighted by atomic mass is 10.1. The van der Waals surface area contributed by atoms with Gasteiger partial charge in [0, 0.05) is 19.1 Å². The highest BCUT2D eigenvalue weighted by Gasteiger charge is 2.20. The number of carbonyl (C=O) groups is 1. The molecule has 2 amide bonds. The van der Waals surface area contributed by atoms with Gasteiger partial charge in [0.25, 0.3) is 0 Å². The molecular formula is C14H17FN4O. The second kappa shape index (κ2) is 6.87. The number of likely N-dealkylation sites (tertiary alicyclic amines) is 1. The van der Waals surface area contributed by atoms with Crippen molar-refractivity contribution in [2.75, 3.05) is 25.0 Å². The van der Waals surface area contributed by atoms with Crippen LogP contribution in [0.4, 0.5) is 14.9 Å². The molecule has 6 heteroatoms. The molecule has 0 aromatic heterocycles. The number of hydrogen-bond acceptors (Lipinski definition) is 3. The zero-order chi connectivity index (χ0) is 14.4. The summed E-state index contributed by atoms with van der Waals surface area (Å²) in [7, 11) is 0. The summed E-state index contributed by atoms with van der Waals surface area (Å²) in [5.74, 6) is -0.452. The minimum atomic E-state index is -0.452. The van der Waals surface area contributed by atoms with Gasteiger partial charge in [0.1, 0.15) is 5.82 Å². The first-order chi connectivity index (χ1) is 9.69. The largest absolute Gasteiger partial charge is 0.335 e. The molecule has 1 heterocycles. The molecule has 20 heavy (non-hydrogen) atoms. The molecule has 1 aromatic carbocycles. The molecule has 1 aliphatic rings. The van der Waals surface area contributed by atoms with Crippen molar-refractivity contribution in [1.82, 2.24) is 10.2 Å². The fraction of sp³-hybridized carbons (Fsp3) is 0.429. The van der Waals surface area contributed by atoms with Gasteiger partial charge in [-0.25, -0.2) is 9.18 Å². The van der Waals surface area contributed by atoms with Crippen LogP contribution in [0.25, 0.3) is 0 Å². The normalized spacial score (nSPS) is 16.4. The quantitative estimate of drug-likeness (QED) is 0.829. The number of carbonyl (C=O) groups excluding carboxylic acids is 1. The van der Waals surface area contributed by atoms with Crippen LogP contribution in [0.2, 0.25) is 0 Å². The minimum absolute atomic E-state index is 0.0664. The highest BCUT2D eigenvalue weighted by atomic mass is 19.1. The van der Waals surface area contributed by atoms with Crippen LogP contribution in [0.5, 0.6) is 0 Å². The number of piperidine rings is 1. The smallest absolute Gasteiger partial charge is 0.319 e. The second-order valence-corrected chi connectivity index (χ2v) is 4.79. The van der Waals surface area contributed by atoms with E-state index in [9.17, 15) is 9.18 Å². The van der Waals surface area contributed by atoms with Gasteiger partial charge in [0.05, 0.1) is 18.3 Å². The maximum atomic E-state index is 13.4. The lowest BCUT2D eigenvalue weighted by molar-refractivity contribution is 0.211. The molecule has 1 saturated heterocycles. The number of nitriles is 1. The standard InChI is InChI=1S/C14H17FN4O/c15-12-3-1-2-4-13(12)18-14(20)17-11-5-8-19(9-6-11)10-7-16/h1-4,11H,5-6,8-10H2,(H2,17,18,20). The van der Waals surface area contributed by atoms with Crippen molar-refractivity contribution in [2.24, 2.45) is 0 Å². The molecule has 2 rings (SSSR count). The van der Waals surface area contributed by atoms with E-state index in [-0.39, 0.29) is 11.7 Å². The van der Waals surface area contributed by atoms with Gasteiger partial charge in [0.15, 0.2) is 0 Å². The van der Waals surface area contributed by atoms with Gasteiger partial charge in [0.2, 0.25) is 0 Å². The Hall–Kier alpha value is -2.13. The lowest BCUT2D eigenvalue weighted by Gasteiger charge is -2.30. The Morgan fingerprint density at radius 1 is 1.40 bits per heavy atom. The summed E-state index contributed by atoms with van der Waals surface area (Å²) >= 11 is 0. The van der Waals surface area contributed by atoms with Crippen LogP contribution in [0, 0.1) is 17.1 Å². The van der Waals surface area contributed by atoms with E-state index in [0.717, 1.165) is 25.9 Å². The number of amides is 2.